The highest BCUT2D eigenvalue weighted by Crippen LogP contribution is 2.02. The van der Waals surface area contributed by atoms with Crippen molar-refractivity contribution in [1.29, 1.82) is 0 Å². The number of nitrogens with zero attached hydrogens (tertiary/aromatic N) is 2. The van der Waals surface area contributed by atoms with Gasteiger partial charge in [0.05, 0.1) is 19.3 Å². The molecule has 0 aliphatic rings. The molecule has 1 heterocycles. The summed E-state index contributed by atoms with van der Waals surface area (Å²) in [7, 11) is 1.38. The van der Waals surface area contributed by atoms with Gasteiger partial charge in [0.15, 0.2) is 0 Å². The van der Waals surface area contributed by atoms with Crippen LogP contribution in [0.25, 0.3) is 0 Å². The molecule has 0 aromatic carbocycles. The molecule has 0 bridgehead atoms. The zero-order chi connectivity index (χ0) is 10.4. The van der Waals surface area contributed by atoms with Crippen molar-refractivity contribution in [1.82, 2.24) is 9.88 Å². The average Bonchev–Trinajstić information content (AvgIpc) is 2.26. The molecule has 1 aromatic heterocycles. The molecule has 0 aliphatic carbocycles. The Bertz CT molecular complexity index is 287. The molecule has 14 heavy (non-hydrogen) atoms. The predicted molar refractivity (Wildman–Crippen MR) is 52.7 cm³/mol. The molecule has 0 fully saturated rings. The first-order valence-corrected chi connectivity index (χ1v) is 4.50. The fourth-order valence-corrected chi connectivity index (χ4v) is 1.12. The number of carbonyl (C=O) groups excluding carboxylic acids is 1. The fraction of sp³-hybridized carbons (Fsp3) is 0.400. The summed E-state index contributed by atoms with van der Waals surface area (Å²) >= 11 is 0. The van der Waals surface area contributed by atoms with Crippen molar-refractivity contribution in [3.63, 3.8) is 0 Å². The van der Waals surface area contributed by atoms with Crippen LogP contribution in [0, 0.1) is 0 Å². The molecule has 1 aromatic rings. The molecule has 0 spiro atoms. The van der Waals surface area contributed by atoms with Crippen LogP contribution in [-0.4, -0.2) is 29.6 Å². The Kier molecular flexibility index (Phi) is 3.91. The maximum atomic E-state index is 11.2. The van der Waals surface area contributed by atoms with Crippen molar-refractivity contribution in [2.75, 3.05) is 13.7 Å². The minimum absolute atomic E-state index is 0.321. The van der Waals surface area contributed by atoms with Crippen molar-refractivity contribution in [3.05, 3.63) is 30.1 Å². The van der Waals surface area contributed by atoms with E-state index in [1.807, 2.05) is 25.1 Å². The molecule has 4 nitrogen and oxygen atoms in total. The van der Waals surface area contributed by atoms with Crippen LogP contribution < -0.4 is 0 Å². The smallest absolute Gasteiger partial charge is 0.409 e. The number of hydrogen-bond acceptors (Lipinski definition) is 3. The second-order valence-corrected chi connectivity index (χ2v) is 2.81. The topological polar surface area (TPSA) is 42.4 Å². The van der Waals surface area contributed by atoms with E-state index < -0.39 is 0 Å². The minimum Gasteiger partial charge on any atom is -0.453 e. The SMILES string of the molecule is CCN(Cc1ccccn1)C(=O)OC. The number of pyridine rings is 1. The van der Waals surface area contributed by atoms with E-state index in [1.54, 1.807) is 11.1 Å². The molecule has 0 saturated heterocycles. The summed E-state index contributed by atoms with van der Waals surface area (Å²) in [4.78, 5) is 16.9. The molecule has 0 unspecified atom stereocenters. The van der Waals surface area contributed by atoms with Gasteiger partial charge in [-0.15, -0.1) is 0 Å². The quantitative estimate of drug-likeness (QED) is 0.735. The molecular formula is C10H14N2O2. The van der Waals surface area contributed by atoms with Crippen LogP contribution in [0.15, 0.2) is 24.4 Å². The average molecular weight is 194 g/mol. The van der Waals surface area contributed by atoms with E-state index in [9.17, 15) is 4.79 Å². The molecule has 0 aliphatic heterocycles. The van der Waals surface area contributed by atoms with Crippen LogP contribution >= 0.6 is 0 Å². The van der Waals surface area contributed by atoms with Crippen molar-refractivity contribution in [3.8, 4) is 0 Å². The summed E-state index contributed by atoms with van der Waals surface area (Å²) in [5, 5.41) is 0. The van der Waals surface area contributed by atoms with Gasteiger partial charge in [-0.1, -0.05) is 6.07 Å². The van der Waals surface area contributed by atoms with E-state index in [0.717, 1.165) is 5.69 Å². The van der Waals surface area contributed by atoms with Gasteiger partial charge >= 0.3 is 6.09 Å². The van der Waals surface area contributed by atoms with Crippen LogP contribution in [-0.2, 0) is 11.3 Å². The summed E-state index contributed by atoms with van der Waals surface area (Å²) in [6.45, 7) is 3.01. The maximum Gasteiger partial charge on any atom is 0.409 e. The van der Waals surface area contributed by atoms with Crippen molar-refractivity contribution in [2.24, 2.45) is 0 Å². The van der Waals surface area contributed by atoms with Crippen LogP contribution in [0.3, 0.4) is 0 Å². The lowest BCUT2D eigenvalue weighted by molar-refractivity contribution is 0.122. The summed E-state index contributed by atoms with van der Waals surface area (Å²) in [5.74, 6) is 0. The number of aromatic nitrogens is 1. The van der Waals surface area contributed by atoms with Crippen LogP contribution in [0.4, 0.5) is 4.79 Å². The third-order valence-electron chi connectivity index (χ3n) is 1.89. The van der Waals surface area contributed by atoms with Gasteiger partial charge in [-0.3, -0.25) is 4.98 Å². The summed E-state index contributed by atoms with van der Waals surface area (Å²) in [5.41, 5.74) is 0.861. The van der Waals surface area contributed by atoms with Gasteiger partial charge in [0, 0.05) is 12.7 Å². The number of methoxy groups -OCH3 is 1. The Hall–Kier alpha value is -1.58. The molecule has 0 saturated carbocycles. The second kappa shape index (κ2) is 5.21. The molecule has 1 amide bonds. The highest BCUT2D eigenvalue weighted by molar-refractivity contribution is 5.67. The lowest BCUT2D eigenvalue weighted by atomic mass is 10.3. The highest BCUT2D eigenvalue weighted by Gasteiger charge is 2.11. The molecule has 0 radical (unpaired) electrons. The Morgan fingerprint density at radius 2 is 2.36 bits per heavy atom. The normalized spacial score (nSPS) is 9.57. The van der Waals surface area contributed by atoms with Gasteiger partial charge in [-0.25, -0.2) is 4.79 Å². The van der Waals surface area contributed by atoms with Crippen molar-refractivity contribution < 1.29 is 9.53 Å². The van der Waals surface area contributed by atoms with Gasteiger partial charge in [0.1, 0.15) is 0 Å². The number of amides is 1. The Labute approximate surface area is 83.5 Å². The Morgan fingerprint density at radius 1 is 1.57 bits per heavy atom. The maximum absolute atomic E-state index is 11.2. The zero-order valence-electron chi connectivity index (χ0n) is 8.43. The third-order valence-corrected chi connectivity index (χ3v) is 1.89. The molecule has 0 N–H and O–H groups in total. The molecule has 76 valence electrons. The monoisotopic (exact) mass is 194 g/mol. The zero-order valence-corrected chi connectivity index (χ0v) is 8.43. The van der Waals surface area contributed by atoms with Crippen LogP contribution in [0.5, 0.6) is 0 Å². The van der Waals surface area contributed by atoms with Crippen LogP contribution in [0.2, 0.25) is 0 Å². The van der Waals surface area contributed by atoms with E-state index in [1.165, 1.54) is 7.11 Å². The number of hydrogen-bond donors (Lipinski definition) is 0. The first kappa shape index (κ1) is 10.5. The first-order valence-electron chi connectivity index (χ1n) is 4.50. The molecule has 0 atom stereocenters. The van der Waals surface area contributed by atoms with E-state index in [-0.39, 0.29) is 6.09 Å². The third kappa shape index (κ3) is 2.73. The van der Waals surface area contributed by atoms with Crippen molar-refractivity contribution >= 4 is 6.09 Å². The van der Waals surface area contributed by atoms with Gasteiger partial charge in [0.25, 0.3) is 0 Å². The summed E-state index contributed by atoms with van der Waals surface area (Å²) < 4.78 is 4.63. The lowest BCUT2D eigenvalue weighted by Crippen LogP contribution is -2.30. The predicted octanol–water partition coefficient (Wildman–Crippen LogP) is 1.67. The standard InChI is InChI=1S/C10H14N2O2/c1-3-12(10(13)14-2)8-9-6-4-5-7-11-9/h4-7H,3,8H2,1-2H3. The molecule has 4 heteroatoms. The molecular weight excluding hydrogens is 180 g/mol. The fourth-order valence-electron chi connectivity index (χ4n) is 1.12. The molecule has 1 rings (SSSR count). The number of ether oxygens (including phenoxy) is 1. The van der Waals surface area contributed by atoms with Crippen LogP contribution in [0.1, 0.15) is 12.6 Å². The summed E-state index contributed by atoms with van der Waals surface area (Å²) in [6.07, 6.45) is 1.39. The second-order valence-electron chi connectivity index (χ2n) is 2.81. The number of rotatable bonds is 3. The number of carbonyl (C=O) groups is 1. The summed E-state index contributed by atoms with van der Waals surface area (Å²) in [6, 6.07) is 5.62. The van der Waals surface area contributed by atoms with E-state index in [0.29, 0.717) is 13.1 Å². The minimum atomic E-state index is -0.321. The van der Waals surface area contributed by atoms with Gasteiger partial charge in [0.2, 0.25) is 0 Å². The van der Waals surface area contributed by atoms with E-state index in [2.05, 4.69) is 9.72 Å². The first-order chi connectivity index (χ1) is 6.77. The Balaban J connectivity index is 2.62. The van der Waals surface area contributed by atoms with Gasteiger partial charge in [-0.05, 0) is 19.1 Å². The highest BCUT2D eigenvalue weighted by atomic mass is 16.5. The lowest BCUT2D eigenvalue weighted by Gasteiger charge is -2.18. The van der Waals surface area contributed by atoms with Gasteiger partial charge < -0.3 is 9.64 Å². The van der Waals surface area contributed by atoms with Gasteiger partial charge in [-0.2, -0.15) is 0 Å². The largest absolute Gasteiger partial charge is 0.453 e. The van der Waals surface area contributed by atoms with E-state index >= 15 is 0 Å². The Morgan fingerprint density at radius 3 is 2.86 bits per heavy atom. The van der Waals surface area contributed by atoms with E-state index in [4.69, 9.17) is 0 Å². The van der Waals surface area contributed by atoms with Crippen molar-refractivity contribution in [2.45, 2.75) is 13.5 Å².